The summed E-state index contributed by atoms with van der Waals surface area (Å²) in [5.41, 5.74) is 25.6. The normalized spacial score (nSPS) is 12.6. The number of halogens is 4. The van der Waals surface area contributed by atoms with Gasteiger partial charge in [-0.05, 0) is 218 Å². The Kier molecular flexibility index (Phi) is 26.4. The van der Waals surface area contributed by atoms with Crippen LogP contribution in [0.15, 0.2) is 257 Å². The third-order valence-electron chi connectivity index (χ3n) is 27.1. The van der Waals surface area contributed by atoms with Gasteiger partial charge in [0.2, 0.25) is 0 Å². The van der Waals surface area contributed by atoms with E-state index in [4.69, 9.17) is 0 Å². The first-order valence-corrected chi connectivity index (χ1v) is 46.1. The fraction of sp³-hybridized carbons (Fsp3) is 0.214. The van der Waals surface area contributed by atoms with Gasteiger partial charge < -0.3 is 38.7 Å². The average molecular weight is 1880 g/mol. The molecule has 4 aliphatic rings. The molecule has 24 heteroatoms. The maximum absolute atomic E-state index is 14.8. The van der Waals surface area contributed by atoms with Gasteiger partial charge in [-0.15, -0.1) is 0 Å². The Labute approximate surface area is 812 Å². The van der Waals surface area contributed by atoms with Gasteiger partial charge in [0, 0.05) is 185 Å². The van der Waals surface area contributed by atoms with Crippen molar-refractivity contribution < 1.29 is 57.2 Å². The number of fused-ring (bicyclic) bond motifs is 8. The van der Waals surface area contributed by atoms with Crippen LogP contribution in [-0.2, 0) is 74.0 Å². The van der Waals surface area contributed by atoms with Gasteiger partial charge in [0.1, 0.15) is 23.3 Å². The lowest BCUT2D eigenvalue weighted by Gasteiger charge is -2.27. The van der Waals surface area contributed by atoms with E-state index in [0.29, 0.717) is 57.8 Å². The van der Waals surface area contributed by atoms with Crippen molar-refractivity contribution in [2.45, 2.75) is 162 Å². The van der Waals surface area contributed by atoms with E-state index in [1.54, 1.807) is 85.1 Å². The summed E-state index contributed by atoms with van der Waals surface area (Å²) in [5, 5.41) is 80.2. The molecule has 0 amide bonds. The van der Waals surface area contributed by atoms with Gasteiger partial charge in [0.15, 0.2) is 0 Å². The SMILES string of the molecule is CC(C)(CC#N)c1c(-c2ccc(C(=O)O)cc2)c2cc3c(cc2n1Cc1c(F)cccc1F)C=NC3.CC(C)(CC#N)c1c(-c2ccc(C(=O)O)cc2)c2cc3c(cc2n1Cc1cccc(F)c1)C=NC3.CC(C)(CC#N)c1c(-c2ccc(C(=O)O)cc2)c2cc3c(cc2n1Cc1ccccc1F)C=NC3.Cc1ccccc1Cn1c(C(C)(C)CC#N)c(-c2ccc(C(=O)O)cc2)c2cc3c(cc21)C=NC3. The molecule has 20 nitrogen and oxygen atoms in total. The van der Waals surface area contributed by atoms with Gasteiger partial charge in [0.05, 0.1) is 85.8 Å². The molecule has 12 aromatic carbocycles. The van der Waals surface area contributed by atoms with E-state index in [9.17, 15) is 78.2 Å². The highest BCUT2D eigenvalue weighted by atomic mass is 19.1. The van der Waals surface area contributed by atoms with Crippen molar-refractivity contribution in [3.63, 3.8) is 0 Å². The fourth-order valence-electron chi connectivity index (χ4n) is 20.1. The van der Waals surface area contributed by atoms with Crippen LogP contribution in [0.5, 0.6) is 0 Å². The molecule has 141 heavy (non-hydrogen) atoms. The highest BCUT2D eigenvalue weighted by molar-refractivity contribution is 6.08. The number of aromatic nitrogens is 4. The van der Waals surface area contributed by atoms with Crippen molar-refractivity contribution in [1.82, 2.24) is 18.3 Å². The molecule has 0 fully saturated rings. The van der Waals surface area contributed by atoms with Gasteiger partial charge in [-0.3, -0.25) is 20.0 Å². The predicted molar refractivity (Wildman–Crippen MR) is 542 cm³/mol. The number of rotatable bonds is 24. The molecule has 4 N–H and O–H groups in total. The van der Waals surface area contributed by atoms with Crippen LogP contribution in [0.25, 0.3) is 88.1 Å². The number of hydrogen-bond donors (Lipinski definition) is 4. The fourth-order valence-corrected chi connectivity index (χ4v) is 20.1. The van der Waals surface area contributed by atoms with Crippen molar-refractivity contribution in [3.05, 3.63) is 377 Å². The third-order valence-corrected chi connectivity index (χ3v) is 27.1. The molecule has 0 aliphatic carbocycles. The highest BCUT2D eigenvalue weighted by Crippen LogP contribution is 2.51. The van der Waals surface area contributed by atoms with E-state index in [1.807, 2.05) is 119 Å². The number of carboxylic acid groups (broad SMARTS) is 4. The molecule has 0 saturated heterocycles. The van der Waals surface area contributed by atoms with Crippen LogP contribution < -0.4 is 0 Å². The zero-order valence-corrected chi connectivity index (χ0v) is 79.1. The van der Waals surface area contributed by atoms with Crippen LogP contribution in [0.3, 0.4) is 0 Å². The monoisotopic (exact) mass is 1870 g/mol. The van der Waals surface area contributed by atoms with Gasteiger partial charge in [0.25, 0.3) is 0 Å². The lowest BCUT2D eigenvalue weighted by atomic mass is 9.81. The zero-order valence-electron chi connectivity index (χ0n) is 79.1. The van der Waals surface area contributed by atoms with Crippen molar-refractivity contribution in [2.75, 3.05) is 0 Å². The number of nitrogens with zero attached hydrogens (tertiary/aromatic N) is 12. The summed E-state index contributed by atoms with van der Waals surface area (Å²) in [4.78, 5) is 63.5. The first-order chi connectivity index (χ1) is 67.6. The van der Waals surface area contributed by atoms with Crippen LogP contribution >= 0.6 is 0 Å². The van der Waals surface area contributed by atoms with E-state index in [-0.39, 0.29) is 65.3 Å². The third kappa shape index (κ3) is 18.9. The summed E-state index contributed by atoms with van der Waals surface area (Å²) >= 11 is 0. The van der Waals surface area contributed by atoms with Crippen molar-refractivity contribution in [3.8, 4) is 68.8 Å². The molecular weight excluding hydrogens is 1780 g/mol. The highest BCUT2D eigenvalue weighted by Gasteiger charge is 2.39. The molecule has 0 atom stereocenters. The molecule has 20 rings (SSSR count). The smallest absolute Gasteiger partial charge is 0.335 e. The Hall–Kier alpha value is -17.0. The molecule has 8 heterocycles. The van der Waals surface area contributed by atoms with E-state index in [2.05, 4.69) is 133 Å². The standard InChI is InChI=1S/C30H27N3O2.C29H23F2N3O2.2C29H24FN3O2/c1-19-6-4-5-7-22(19)18-33-26-15-24-17-32-16-23(24)14-25(26)27(28(33)30(2,3)12-13-31)20-8-10-21(11-9-20)29(34)35;1-29(2,10-11-32)27-26(17-6-8-18(9-7-17)28(35)36)21-12-19-14-33-15-20(19)13-25(21)34(27)16-22-23(30)4-3-5-24(22)31;1-29(2,10-11-31)27-26(19-6-8-20(9-7-19)28(34)35)24-13-21-15-32-16-22(21)14-25(24)33(27)17-18-4-3-5-23(30)12-18;1-29(2,11-12-31)27-26(18-7-9-19(10-8-18)28(34)35)23-13-21-15-32-16-22(21)14-25(23)33(27)17-20-5-3-4-6-24(20)30/h4-11,14-15,17H,12,16,18H2,1-3H3,(H,34,35);3-9,12-13,15H,10,14,16H2,1-2H3,(H,35,36);3-9,12-14,16H,10,15,17H2,1-2H3,(H,34,35);3-10,13-14,16H,11,15,17H2,1-2H3,(H,34,35). The maximum Gasteiger partial charge on any atom is 0.335 e. The van der Waals surface area contributed by atoms with Crippen LogP contribution in [-0.4, -0.2) is 87.4 Å². The average Bonchev–Trinajstić information content (AvgIpc) is 1.59. The summed E-state index contributed by atoms with van der Waals surface area (Å²) in [6, 6.07) is 78.9. The predicted octanol–water partition coefficient (Wildman–Crippen LogP) is 25.6. The number of aliphatic imine (C=N–C) groups is 4. The number of aromatic carboxylic acids is 4. The number of hydrogen-bond acceptors (Lipinski definition) is 12. The summed E-state index contributed by atoms with van der Waals surface area (Å²) in [6.45, 7) is 22.1. The Bertz CT molecular complexity index is 7840. The van der Waals surface area contributed by atoms with E-state index in [0.717, 1.165) is 155 Å². The van der Waals surface area contributed by atoms with Gasteiger partial charge in [-0.25, -0.2) is 36.7 Å². The van der Waals surface area contributed by atoms with Gasteiger partial charge in [-0.2, -0.15) is 21.0 Å². The maximum atomic E-state index is 14.8. The van der Waals surface area contributed by atoms with E-state index >= 15 is 0 Å². The summed E-state index contributed by atoms with van der Waals surface area (Å²) in [6.07, 6.45) is 8.53. The number of benzene rings is 12. The zero-order chi connectivity index (χ0) is 99.8. The molecule has 4 aromatic heterocycles. The Morgan fingerprint density at radius 3 is 0.901 bits per heavy atom. The van der Waals surface area contributed by atoms with Gasteiger partial charge in [-0.1, -0.05) is 165 Å². The number of aryl methyl sites for hydroxylation is 1. The molecule has 0 bridgehead atoms. The second-order valence-corrected chi connectivity index (χ2v) is 38.6. The first kappa shape index (κ1) is 95.8. The van der Waals surface area contributed by atoms with Crippen molar-refractivity contribution >= 4 is 92.3 Å². The molecule has 0 unspecified atom stereocenters. The van der Waals surface area contributed by atoms with E-state index in [1.165, 1.54) is 65.2 Å². The van der Waals surface area contributed by atoms with Crippen LogP contribution in [0, 0.1) is 75.5 Å². The van der Waals surface area contributed by atoms with Crippen LogP contribution in [0.4, 0.5) is 17.6 Å². The molecular formula is C117H98F4N12O8. The lowest BCUT2D eigenvalue weighted by molar-refractivity contribution is 0.0686. The molecule has 0 saturated carbocycles. The molecule has 0 spiro atoms. The quantitative estimate of drug-likeness (QED) is 0.0410. The lowest BCUT2D eigenvalue weighted by Crippen LogP contribution is -2.23. The van der Waals surface area contributed by atoms with Crippen LogP contribution in [0.1, 0.15) is 218 Å². The molecule has 4 aliphatic heterocycles. The van der Waals surface area contributed by atoms with E-state index < -0.39 is 57.2 Å². The van der Waals surface area contributed by atoms with Crippen molar-refractivity contribution in [2.24, 2.45) is 20.0 Å². The minimum Gasteiger partial charge on any atom is -0.478 e. The minimum atomic E-state index is -1.03. The molecule has 702 valence electrons. The van der Waals surface area contributed by atoms with Crippen molar-refractivity contribution in [1.29, 1.82) is 21.0 Å². The Balaban J connectivity index is 0.000000130. The largest absolute Gasteiger partial charge is 0.478 e. The second-order valence-electron chi connectivity index (χ2n) is 38.6. The second kappa shape index (κ2) is 38.9. The summed E-state index contributed by atoms with van der Waals surface area (Å²) in [5.74, 6) is -5.81. The number of carboxylic acids is 4. The van der Waals surface area contributed by atoms with Gasteiger partial charge >= 0.3 is 23.9 Å². The molecule has 0 radical (unpaired) electrons. The molecule has 16 aromatic rings. The topological polar surface area (TPSA) is 314 Å². The number of nitriles is 4. The Morgan fingerprint density at radius 2 is 0.603 bits per heavy atom. The van der Waals surface area contributed by atoms with Crippen LogP contribution in [0.2, 0.25) is 0 Å². The number of carbonyl (C=O) groups is 4. The minimum absolute atomic E-state index is 0.0645. The first-order valence-electron chi connectivity index (χ1n) is 46.1. The summed E-state index contributed by atoms with van der Waals surface area (Å²) < 4.78 is 67.0. The Morgan fingerprint density at radius 1 is 0.326 bits per heavy atom. The summed E-state index contributed by atoms with van der Waals surface area (Å²) in [7, 11) is 0.